The van der Waals surface area contributed by atoms with Crippen LogP contribution >= 0.6 is 15.9 Å². The maximum Gasteiger partial charge on any atom is 0.175 e. The van der Waals surface area contributed by atoms with Crippen LogP contribution in [0.5, 0.6) is 11.5 Å². The van der Waals surface area contributed by atoms with E-state index in [-0.39, 0.29) is 6.61 Å². The summed E-state index contributed by atoms with van der Waals surface area (Å²) in [5, 5.41) is 9.23. The van der Waals surface area contributed by atoms with Gasteiger partial charge in [0.05, 0.1) is 24.8 Å². The Labute approximate surface area is 135 Å². The Bertz CT molecular complexity index is 467. The van der Waals surface area contributed by atoms with Crippen molar-refractivity contribution in [1.29, 1.82) is 0 Å². The van der Waals surface area contributed by atoms with Crippen molar-refractivity contribution in [3.05, 3.63) is 22.2 Å². The van der Waals surface area contributed by atoms with Gasteiger partial charge in [-0.1, -0.05) is 6.42 Å². The van der Waals surface area contributed by atoms with Gasteiger partial charge in [-0.2, -0.15) is 0 Å². The van der Waals surface area contributed by atoms with Gasteiger partial charge < -0.3 is 19.5 Å². The maximum atomic E-state index is 9.23. The number of methoxy groups -OCH3 is 1. The van der Waals surface area contributed by atoms with Crippen LogP contribution in [0.2, 0.25) is 0 Å². The van der Waals surface area contributed by atoms with E-state index in [1.54, 1.807) is 7.11 Å². The molecule has 4 nitrogen and oxygen atoms in total. The first-order valence-corrected chi connectivity index (χ1v) is 8.25. The summed E-state index contributed by atoms with van der Waals surface area (Å²) in [5.74, 6) is 1.37. The Morgan fingerprint density at radius 1 is 1.38 bits per heavy atom. The topological polar surface area (TPSA) is 41.9 Å². The van der Waals surface area contributed by atoms with E-state index in [4.69, 9.17) is 9.47 Å². The van der Waals surface area contributed by atoms with E-state index in [1.165, 1.54) is 25.8 Å². The Morgan fingerprint density at radius 2 is 2.19 bits per heavy atom. The summed E-state index contributed by atoms with van der Waals surface area (Å²) in [6.45, 7) is 1.84. The van der Waals surface area contributed by atoms with E-state index in [9.17, 15) is 5.11 Å². The Balaban J connectivity index is 1.96. The largest absolute Gasteiger partial charge is 0.493 e. The fourth-order valence-electron chi connectivity index (χ4n) is 2.81. The van der Waals surface area contributed by atoms with Crippen LogP contribution in [0.15, 0.2) is 16.6 Å². The average molecular weight is 358 g/mol. The molecule has 0 amide bonds. The highest BCUT2D eigenvalue weighted by molar-refractivity contribution is 9.10. The number of nitrogens with zero attached hydrogens (tertiary/aromatic N) is 1. The first-order valence-electron chi connectivity index (χ1n) is 7.46. The number of likely N-dealkylation sites (tertiary alicyclic amines) is 1. The van der Waals surface area contributed by atoms with Crippen LogP contribution in [0, 0.1) is 0 Å². The van der Waals surface area contributed by atoms with Gasteiger partial charge in [0, 0.05) is 6.04 Å². The molecule has 0 saturated carbocycles. The molecule has 1 heterocycles. The molecule has 0 aliphatic carbocycles. The van der Waals surface area contributed by atoms with Gasteiger partial charge in [-0.15, -0.1) is 0 Å². The lowest BCUT2D eigenvalue weighted by molar-refractivity contribution is 0.151. The van der Waals surface area contributed by atoms with Crippen LogP contribution in [0.25, 0.3) is 0 Å². The number of hydrogen-bond donors (Lipinski definition) is 1. The average Bonchev–Trinajstić information content (AvgIpc) is 2.50. The van der Waals surface area contributed by atoms with Gasteiger partial charge in [0.2, 0.25) is 0 Å². The molecular weight excluding hydrogens is 334 g/mol. The summed E-state index contributed by atoms with van der Waals surface area (Å²) in [5.41, 5.74) is 0.804. The predicted octanol–water partition coefficient (Wildman–Crippen LogP) is 3.20. The molecule has 0 aromatic heterocycles. The number of benzene rings is 1. The van der Waals surface area contributed by atoms with E-state index in [1.807, 2.05) is 12.1 Å². The molecule has 1 N–H and O–H groups in total. The van der Waals surface area contributed by atoms with Crippen molar-refractivity contribution < 1.29 is 14.6 Å². The van der Waals surface area contributed by atoms with Gasteiger partial charge in [0.1, 0.15) is 0 Å². The molecule has 5 heteroatoms. The lowest BCUT2D eigenvalue weighted by atomic mass is 10.0. The summed E-state index contributed by atoms with van der Waals surface area (Å²) in [4.78, 5) is 2.42. The highest BCUT2D eigenvalue weighted by atomic mass is 79.9. The fraction of sp³-hybridized carbons (Fsp3) is 0.625. The molecule has 1 aromatic rings. The van der Waals surface area contributed by atoms with Gasteiger partial charge >= 0.3 is 0 Å². The lowest BCUT2D eigenvalue weighted by Crippen LogP contribution is -2.37. The van der Waals surface area contributed by atoms with Gasteiger partial charge in [0.25, 0.3) is 0 Å². The zero-order chi connectivity index (χ0) is 15.2. The highest BCUT2D eigenvalue weighted by Crippen LogP contribution is 2.37. The van der Waals surface area contributed by atoms with Gasteiger partial charge in [-0.05, 0) is 66.5 Å². The summed E-state index contributed by atoms with van der Waals surface area (Å²) >= 11 is 3.49. The molecule has 1 saturated heterocycles. The van der Waals surface area contributed by atoms with Crippen LogP contribution in [0.1, 0.15) is 31.2 Å². The fourth-order valence-corrected chi connectivity index (χ4v) is 3.41. The van der Waals surface area contributed by atoms with Crippen molar-refractivity contribution in [3.8, 4) is 11.5 Å². The molecular formula is C16H24BrNO3. The normalized spacial score (nSPS) is 19.5. The van der Waals surface area contributed by atoms with E-state index in [0.29, 0.717) is 24.1 Å². The van der Waals surface area contributed by atoms with Crippen molar-refractivity contribution in [2.45, 2.75) is 38.3 Å². The van der Waals surface area contributed by atoms with Crippen molar-refractivity contribution >= 4 is 15.9 Å². The van der Waals surface area contributed by atoms with E-state index in [0.717, 1.165) is 16.5 Å². The minimum Gasteiger partial charge on any atom is -0.493 e. The minimum absolute atomic E-state index is 0.0118. The zero-order valence-corrected chi connectivity index (χ0v) is 14.4. The second-order valence-electron chi connectivity index (χ2n) is 5.53. The molecule has 1 unspecified atom stereocenters. The quantitative estimate of drug-likeness (QED) is 0.848. The molecule has 0 bridgehead atoms. The summed E-state index contributed by atoms with van der Waals surface area (Å²) < 4.78 is 12.1. The smallest absolute Gasteiger partial charge is 0.175 e. The Hall–Kier alpha value is -0.780. The Morgan fingerprint density at radius 3 is 2.86 bits per heavy atom. The number of hydrogen-bond acceptors (Lipinski definition) is 4. The molecule has 21 heavy (non-hydrogen) atoms. The number of rotatable bonds is 6. The van der Waals surface area contributed by atoms with Gasteiger partial charge in [-0.25, -0.2) is 0 Å². The van der Waals surface area contributed by atoms with Crippen molar-refractivity contribution in [3.63, 3.8) is 0 Å². The summed E-state index contributed by atoms with van der Waals surface area (Å²) in [6, 6.07) is 4.29. The molecule has 2 rings (SSSR count). The second kappa shape index (κ2) is 8.01. The van der Waals surface area contributed by atoms with Crippen LogP contribution in [0.3, 0.4) is 0 Å². The molecule has 1 aliphatic heterocycles. The first kappa shape index (κ1) is 16.6. The SMILES string of the molecule is COc1cc(CO)cc(Br)c1OCCC1CCCCN1C. The van der Waals surface area contributed by atoms with Gasteiger partial charge in [-0.3, -0.25) is 0 Å². The van der Waals surface area contributed by atoms with Gasteiger partial charge in [0.15, 0.2) is 11.5 Å². The van der Waals surface area contributed by atoms with E-state index in [2.05, 4.69) is 27.9 Å². The lowest BCUT2D eigenvalue weighted by Gasteiger charge is -2.32. The molecule has 118 valence electrons. The van der Waals surface area contributed by atoms with Crippen molar-refractivity contribution in [2.24, 2.45) is 0 Å². The number of aliphatic hydroxyl groups excluding tert-OH is 1. The predicted molar refractivity (Wildman–Crippen MR) is 87.0 cm³/mol. The third-order valence-corrected chi connectivity index (χ3v) is 4.68. The second-order valence-corrected chi connectivity index (χ2v) is 6.39. The monoisotopic (exact) mass is 357 g/mol. The summed E-state index contributed by atoms with van der Waals surface area (Å²) in [7, 11) is 3.81. The third kappa shape index (κ3) is 4.34. The first-order chi connectivity index (χ1) is 10.2. The maximum absolute atomic E-state index is 9.23. The van der Waals surface area contributed by atoms with Crippen LogP contribution in [-0.2, 0) is 6.61 Å². The van der Waals surface area contributed by atoms with Crippen LogP contribution < -0.4 is 9.47 Å². The minimum atomic E-state index is -0.0118. The molecule has 1 aromatic carbocycles. The zero-order valence-electron chi connectivity index (χ0n) is 12.8. The standard InChI is InChI=1S/C16H24BrNO3/c1-18-7-4-3-5-13(18)6-8-21-16-14(17)9-12(11-19)10-15(16)20-2/h9-10,13,19H,3-8,11H2,1-2H3. The molecule has 1 atom stereocenters. The number of piperidine rings is 1. The molecule has 1 aliphatic rings. The van der Waals surface area contributed by atoms with E-state index < -0.39 is 0 Å². The summed E-state index contributed by atoms with van der Waals surface area (Å²) in [6.07, 6.45) is 4.89. The Kier molecular flexibility index (Phi) is 6.33. The molecule has 0 spiro atoms. The highest BCUT2D eigenvalue weighted by Gasteiger charge is 2.19. The van der Waals surface area contributed by atoms with Crippen LogP contribution in [-0.4, -0.2) is 43.4 Å². The number of aliphatic hydroxyl groups is 1. The van der Waals surface area contributed by atoms with E-state index >= 15 is 0 Å². The number of halogens is 1. The van der Waals surface area contributed by atoms with Crippen LogP contribution in [0.4, 0.5) is 0 Å². The molecule has 1 fully saturated rings. The third-order valence-electron chi connectivity index (χ3n) is 4.09. The number of ether oxygens (including phenoxy) is 2. The van der Waals surface area contributed by atoms with Crippen molar-refractivity contribution in [2.75, 3.05) is 27.3 Å². The molecule has 0 radical (unpaired) electrons. The van der Waals surface area contributed by atoms with Crippen molar-refractivity contribution in [1.82, 2.24) is 4.90 Å².